The summed E-state index contributed by atoms with van der Waals surface area (Å²) in [5.41, 5.74) is 10.1. The summed E-state index contributed by atoms with van der Waals surface area (Å²) in [6.07, 6.45) is 0. The van der Waals surface area contributed by atoms with Gasteiger partial charge in [0.1, 0.15) is 9.71 Å². The van der Waals surface area contributed by atoms with Gasteiger partial charge in [0.25, 0.3) is 5.91 Å². The van der Waals surface area contributed by atoms with Crippen molar-refractivity contribution < 1.29 is 4.79 Å². The van der Waals surface area contributed by atoms with Crippen molar-refractivity contribution in [3.63, 3.8) is 0 Å². The van der Waals surface area contributed by atoms with Gasteiger partial charge in [-0.3, -0.25) is 4.79 Å². The van der Waals surface area contributed by atoms with Crippen LogP contribution in [0.4, 0.5) is 11.4 Å². The van der Waals surface area contributed by atoms with Gasteiger partial charge in [0.05, 0.1) is 21.4 Å². The second kappa shape index (κ2) is 6.24. The van der Waals surface area contributed by atoms with Crippen molar-refractivity contribution in [2.75, 3.05) is 11.1 Å². The average molecular weight is 380 g/mol. The number of pyridine rings is 1. The van der Waals surface area contributed by atoms with Crippen LogP contribution in [0.1, 0.15) is 26.5 Å². The van der Waals surface area contributed by atoms with E-state index in [1.165, 1.54) is 11.3 Å². The maximum Gasteiger partial charge on any atom is 0.268 e. The largest absolute Gasteiger partial charge is 0.397 e. The molecular weight excluding hydrogens is 365 g/mol. The number of aryl methyl sites for hydroxylation is 2. The number of hydrogen-bond donors (Lipinski definition) is 2. The van der Waals surface area contributed by atoms with Crippen molar-refractivity contribution >= 4 is 62.0 Å². The Morgan fingerprint density at radius 3 is 2.42 bits per heavy atom. The minimum Gasteiger partial charge on any atom is -0.397 e. The van der Waals surface area contributed by atoms with Crippen LogP contribution in [0.25, 0.3) is 10.2 Å². The molecule has 7 heteroatoms. The number of carbonyl (C=O) groups is 1. The maximum absolute atomic E-state index is 12.7. The third-order valence-corrected chi connectivity index (χ3v) is 5.81. The summed E-state index contributed by atoms with van der Waals surface area (Å²) in [6.45, 7) is 5.93. The first-order valence-corrected chi connectivity index (χ1v) is 8.79. The van der Waals surface area contributed by atoms with E-state index in [1.807, 2.05) is 20.8 Å². The maximum atomic E-state index is 12.7. The summed E-state index contributed by atoms with van der Waals surface area (Å²) < 4.78 is 0. The molecule has 0 aliphatic heterocycles. The van der Waals surface area contributed by atoms with Crippen molar-refractivity contribution in [3.8, 4) is 0 Å². The van der Waals surface area contributed by atoms with E-state index in [9.17, 15) is 4.79 Å². The predicted octanol–water partition coefficient (Wildman–Crippen LogP) is 5.36. The number of fused-ring (bicyclic) bond motifs is 1. The highest BCUT2D eigenvalue weighted by Crippen LogP contribution is 2.38. The van der Waals surface area contributed by atoms with Crippen LogP contribution in [-0.2, 0) is 0 Å². The number of nitrogens with zero attached hydrogens (tertiary/aromatic N) is 1. The van der Waals surface area contributed by atoms with Gasteiger partial charge < -0.3 is 11.1 Å². The first kappa shape index (κ1) is 17.0. The summed E-state index contributed by atoms with van der Waals surface area (Å²) in [5.74, 6) is -0.347. The van der Waals surface area contributed by atoms with Crippen molar-refractivity contribution in [2.45, 2.75) is 20.8 Å². The van der Waals surface area contributed by atoms with Crippen LogP contribution in [0.15, 0.2) is 18.2 Å². The summed E-state index contributed by atoms with van der Waals surface area (Å²) in [4.78, 5) is 18.4. The van der Waals surface area contributed by atoms with Crippen LogP contribution in [0.5, 0.6) is 0 Å². The van der Waals surface area contributed by atoms with Crippen molar-refractivity contribution in [2.24, 2.45) is 0 Å². The van der Waals surface area contributed by atoms with Gasteiger partial charge >= 0.3 is 0 Å². The normalized spacial score (nSPS) is 11.0. The fourth-order valence-corrected chi connectivity index (χ4v) is 4.11. The minimum atomic E-state index is -0.347. The van der Waals surface area contributed by atoms with Gasteiger partial charge in [0, 0.05) is 11.1 Å². The summed E-state index contributed by atoms with van der Waals surface area (Å²) >= 11 is 13.5. The highest BCUT2D eigenvalue weighted by Gasteiger charge is 2.21. The molecule has 0 fully saturated rings. The Kier molecular flexibility index (Phi) is 4.42. The number of benzene rings is 1. The number of nitrogens with two attached hydrogens (primary N) is 1. The number of halogens is 2. The van der Waals surface area contributed by atoms with E-state index < -0.39 is 0 Å². The highest BCUT2D eigenvalue weighted by molar-refractivity contribution is 7.21. The fraction of sp³-hybridized carbons (Fsp3) is 0.176. The lowest BCUT2D eigenvalue weighted by atomic mass is 10.1. The van der Waals surface area contributed by atoms with E-state index in [0.717, 1.165) is 27.0 Å². The number of para-hydroxylation sites is 1. The zero-order valence-corrected chi connectivity index (χ0v) is 15.7. The Morgan fingerprint density at radius 2 is 1.79 bits per heavy atom. The molecule has 0 saturated heterocycles. The second-order valence-electron chi connectivity index (χ2n) is 5.52. The van der Waals surface area contributed by atoms with Crippen molar-refractivity contribution in [1.82, 2.24) is 4.98 Å². The Morgan fingerprint density at radius 1 is 1.17 bits per heavy atom. The molecule has 24 heavy (non-hydrogen) atoms. The van der Waals surface area contributed by atoms with Gasteiger partial charge in [0.15, 0.2) is 0 Å². The number of nitrogen functional groups attached to an aromatic ring is 1. The number of amides is 1. The number of aromatic nitrogens is 1. The van der Waals surface area contributed by atoms with E-state index in [1.54, 1.807) is 18.2 Å². The predicted molar refractivity (Wildman–Crippen MR) is 103 cm³/mol. The minimum absolute atomic E-state index is 0.347. The quantitative estimate of drug-likeness (QED) is 0.629. The number of rotatable bonds is 2. The molecule has 3 aromatic rings. The summed E-state index contributed by atoms with van der Waals surface area (Å²) in [6, 6.07) is 5.04. The van der Waals surface area contributed by atoms with E-state index in [2.05, 4.69) is 10.3 Å². The molecule has 124 valence electrons. The van der Waals surface area contributed by atoms with E-state index in [0.29, 0.717) is 26.3 Å². The van der Waals surface area contributed by atoms with E-state index in [4.69, 9.17) is 28.9 Å². The molecule has 0 atom stereocenters. The molecule has 4 nitrogen and oxygen atoms in total. The van der Waals surface area contributed by atoms with Gasteiger partial charge in [0.2, 0.25) is 0 Å². The van der Waals surface area contributed by atoms with Crippen molar-refractivity contribution in [1.29, 1.82) is 0 Å². The Hall–Kier alpha value is -1.82. The lowest BCUT2D eigenvalue weighted by Gasteiger charge is -2.08. The topological polar surface area (TPSA) is 68.0 Å². The lowest BCUT2D eigenvalue weighted by molar-refractivity contribution is 0.103. The first-order valence-electron chi connectivity index (χ1n) is 7.22. The standard InChI is InChI=1S/C17H15Cl2N3OS/c1-7-8(2)12-13(20)15(24-17(12)21-9(7)3)16(23)22-14-10(18)5-4-6-11(14)19/h4-6H,20H2,1-3H3,(H,22,23). The zero-order valence-electron chi connectivity index (χ0n) is 13.3. The number of hydrogen-bond acceptors (Lipinski definition) is 4. The van der Waals surface area contributed by atoms with Crippen LogP contribution in [0.2, 0.25) is 10.0 Å². The molecule has 0 unspecified atom stereocenters. The SMILES string of the molecule is Cc1nc2sc(C(=O)Nc3c(Cl)cccc3Cl)c(N)c2c(C)c1C. The van der Waals surface area contributed by atoms with Gasteiger partial charge in [-0.15, -0.1) is 11.3 Å². The molecule has 0 saturated carbocycles. The third kappa shape index (κ3) is 2.73. The van der Waals surface area contributed by atoms with Crippen molar-refractivity contribution in [3.05, 3.63) is 49.9 Å². The smallest absolute Gasteiger partial charge is 0.268 e. The first-order chi connectivity index (χ1) is 11.3. The molecular formula is C17H15Cl2N3OS. The number of carbonyl (C=O) groups excluding carboxylic acids is 1. The van der Waals surface area contributed by atoms with Gasteiger partial charge in [-0.05, 0) is 44.0 Å². The molecule has 1 amide bonds. The van der Waals surface area contributed by atoms with E-state index >= 15 is 0 Å². The molecule has 0 bridgehead atoms. The molecule has 2 aromatic heterocycles. The van der Waals surface area contributed by atoms with Crippen LogP contribution in [0.3, 0.4) is 0 Å². The number of nitrogens with one attached hydrogen (secondary N) is 1. The summed E-state index contributed by atoms with van der Waals surface area (Å²) in [7, 11) is 0. The number of thiophene rings is 1. The van der Waals surface area contributed by atoms with Crippen LogP contribution in [0, 0.1) is 20.8 Å². The van der Waals surface area contributed by atoms with Gasteiger partial charge in [-0.1, -0.05) is 29.3 Å². The Labute approximate surface area is 153 Å². The zero-order chi connectivity index (χ0) is 17.6. The monoisotopic (exact) mass is 379 g/mol. The molecule has 2 heterocycles. The van der Waals surface area contributed by atoms with Crippen LogP contribution < -0.4 is 11.1 Å². The molecule has 0 aliphatic rings. The molecule has 3 rings (SSSR count). The molecule has 0 spiro atoms. The van der Waals surface area contributed by atoms with Gasteiger partial charge in [-0.25, -0.2) is 4.98 Å². The molecule has 1 aromatic carbocycles. The van der Waals surface area contributed by atoms with Crippen LogP contribution >= 0.6 is 34.5 Å². The molecule has 0 aliphatic carbocycles. The Balaban J connectivity index is 2.08. The lowest BCUT2D eigenvalue weighted by Crippen LogP contribution is -2.12. The summed E-state index contributed by atoms with van der Waals surface area (Å²) in [5, 5.41) is 4.32. The van der Waals surface area contributed by atoms with Gasteiger partial charge in [-0.2, -0.15) is 0 Å². The van der Waals surface area contributed by atoms with E-state index in [-0.39, 0.29) is 5.91 Å². The van der Waals surface area contributed by atoms with Crippen LogP contribution in [-0.4, -0.2) is 10.9 Å². The second-order valence-corrected chi connectivity index (χ2v) is 7.34. The Bertz CT molecular complexity index is 962. The number of anilines is 2. The fourth-order valence-electron chi connectivity index (χ4n) is 2.52. The average Bonchev–Trinajstić information content (AvgIpc) is 2.85. The molecule has 0 radical (unpaired) electrons. The highest BCUT2D eigenvalue weighted by atomic mass is 35.5. The third-order valence-electron chi connectivity index (χ3n) is 4.08. The molecule has 3 N–H and O–H groups in total.